The molecule has 1 aliphatic heterocycles. The highest BCUT2D eigenvalue weighted by Crippen LogP contribution is 2.36. The first-order valence-electron chi connectivity index (χ1n) is 10.1. The molecule has 1 unspecified atom stereocenters. The summed E-state index contributed by atoms with van der Waals surface area (Å²) in [7, 11) is 1.64. The molecule has 0 aliphatic carbocycles. The Labute approximate surface area is 175 Å². The van der Waals surface area contributed by atoms with Crippen molar-refractivity contribution < 1.29 is 14.3 Å². The number of hydrogen-bond acceptors (Lipinski definition) is 4. The molecule has 0 fully saturated rings. The van der Waals surface area contributed by atoms with Crippen molar-refractivity contribution in [2.75, 3.05) is 30.5 Å². The molecule has 3 aromatic rings. The first kappa shape index (κ1) is 20.1. The summed E-state index contributed by atoms with van der Waals surface area (Å²) >= 11 is 0. The van der Waals surface area contributed by atoms with Gasteiger partial charge in [0.15, 0.2) is 0 Å². The molecule has 0 saturated heterocycles. The van der Waals surface area contributed by atoms with E-state index in [-0.39, 0.29) is 18.2 Å². The number of benzene rings is 2. The van der Waals surface area contributed by atoms with E-state index in [0.717, 1.165) is 27.8 Å². The Morgan fingerprint density at radius 3 is 2.77 bits per heavy atom. The molecule has 0 spiro atoms. The number of amides is 2. The third-order valence-corrected chi connectivity index (χ3v) is 5.45. The van der Waals surface area contributed by atoms with Crippen LogP contribution < -0.4 is 10.2 Å². The third kappa shape index (κ3) is 3.68. The number of anilines is 2. The SMILES string of the molecule is COCCCN1C(=O)C(CC(=O)Nc2ccc(C)cc2C)n2c1nc1ccccc12. The molecule has 1 atom stereocenters. The van der Waals surface area contributed by atoms with Crippen molar-refractivity contribution in [2.24, 2.45) is 0 Å². The van der Waals surface area contributed by atoms with Gasteiger partial charge >= 0.3 is 0 Å². The van der Waals surface area contributed by atoms with Crippen LogP contribution in [0.1, 0.15) is 30.0 Å². The highest BCUT2D eigenvalue weighted by atomic mass is 16.5. The molecule has 0 bridgehead atoms. The Bertz CT molecular complexity index is 1110. The zero-order valence-electron chi connectivity index (χ0n) is 17.5. The monoisotopic (exact) mass is 406 g/mol. The van der Waals surface area contributed by atoms with Gasteiger partial charge in [0.25, 0.3) is 5.91 Å². The standard InChI is InChI=1S/C23H26N4O3/c1-15-9-10-17(16(2)13-15)24-21(28)14-20-22(29)26(11-6-12-30-3)23-25-18-7-4-5-8-19(18)27(20)23/h4-5,7-10,13,20H,6,11-12,14H2,1-3H3,(H,24,28). The van der Waals surface area contributed by atoms with Gasteiger partial charge in [-0.25, -0.2) is 4.98 Å². The summed E-state index contributed by atoms with van der Waals surface area (Å²) in [5.41, 5.74) is 4.58. The summed E-state index contributed by atoms with van der Waals surface area (Å²) < 4.78 is 7.03. The largest absolute Gasteiger partial charge is 0.385 e. The van der Waals surface area contributed by atoms with E-state index in [9.17, 15) is 9.59 Å². The molecule has 30 heavy (non-hydrogen) atoms. The van der Waals surface area contributed by atoms with Crippen molar-refractivity contribution in [2.45, 2.75) is 32.7 Å². The molecule has 0 radical (unpaired) electrons. The van der Waals surface area contributed by atoms with Crippen LogP contribution in [-0.4, -0.2) is 41.6 Å². The highest BCUT2D eigenvalue weighted by molar-refractivity contribution is 6.05. The van der Waals surface area contributed by atoms with Crippen LogP contribution in [0, 0.1) is 13.8 Å². The molecular formula is C23H26N4O3. The van der Waals surface area contributed by atoms with E-state index in [1.54, 1.807) is 12.0 Å². The summed E-state index contributed by atoms with van der Waals surface area (Å²) in [4.78, 5) is 32.4. The summed E-state index contributed by atoms with van der Waals surface area (Å²) in [6.45, 7) is 5.04. The number of hydrogen-bond donors (Lipinski definition) is 1. The highest BCUT2D eigenvalue weighted by Gasteiger charge is 2.40. The van der Waals surface area contributed by atoms with E-state index in [2.05, 4.69) is 10.3 Å². The van der Waals surface area contributed by atoms with E-state index in [4.69, 9.17) is 4.74 Å². The number of imidazole rings is 1. The lowest BCUT2D eigenvalue weighted by atomic mass is 10.1. The van der Waals surface area contributed by atoms with Gasteiger partial charge in [-0.2, -0.15) is 0 Å². The van der Waals surface area contributed by atoms with Gasteiger partial charge in [-0.05, 0) is 44.0 Å². The van der Waals surface area contributed by atoms with Crippen LogP contribution in [0.5, 0.6) is 0 Å². The third-order valence-electron chi connectivity index (χ3n) is 5.45. The normalized spacial score (nSPS) is 15.6. The second kappa shape index (κ2) is 8.28. The van der Waals surface area contributed by atoms with Crippen LogP contribution in [0.15, 0.2) is 42.5 Å². The maximum Gasteiger partial charge on any atom is 0.253 e. The molecular weight excluding hydrogens is 380 g/mol. The molecule has 0 saturated carbocycles. The number of carbonyl (C=O) groups is 2. The molecule has 7 nitrogen and oxygen atoms in total. The Kier molecular flexibility index (Phi) is 5.55. The van der Waals surface area contributed by atoms with Crippen LogP contribution >= 0.6 is 0 Å². The lowest BCUT2D eigenvalue weighted by Crippen LogP contribution is -2.32. The average molecular weight is 406 g/mol. The Morgan fingerprint density at radius 1 is 1.20 bits per heavy atom. The molecule has 4 rings (SSSR count). The molecule has 1 aromatic heterocycles. The van der Waals surface area contributed by atoms with Gasteiger partial charge in [-0.15, -0.1) is 0 Å². The maximum absolute atomic E-state index is 13.2. The predicted octanol–water partition coefficient (Wildman–Crippen LogP) is 3.61. The average Bonchev–Trinajstić information content (AvgIpc) is 3.20. The van der Waals surface area contributed by atoms with E-state index in [0.29, 0.717) is 25.5 Å². The molecule has 2 heterocycles. The molecule has 2 aromatic carbocycles. The fourth-order valence-corrected chi connectivity index (χ4v) is 4.00. The predicted molar refractivity (Wildman–Crippen MR) is 117 cm³/mol. The summed E-state index contributed by atoms with van der Waals surface area (Å²) in [5.74, 6) is 0.305. The lowest BCUT2D eigenvalue weighted by molar-refractivity contribution is -0.124. The number of methoxy groups -OCH3 is 1. The number of nitrogens with zero attached hydrogens (tertiary/aromatic N) is 3. The smallest absolute Gasteiger partial charge is 0.253 e. The quantitative estimate of drug-likeness (QED) is 0.608. The molecule has 2 amide bonds. The second-order valence-corrected chi connectivity index (χ2v) is 7.69. The Morgan fingerprint density at radius 2 is 2.00 bits per heavy atom. The first-order chi connectivity index (χ1) is 14.5. The van der Waals surface area contributed by atoms with Crippen molar-refractivity contribution in [1.82, 2.24) is 9.55 Å². The number of ether oxygens (including phenoxy) is 1. The molecule has 7 heteroatoms. The van der Waals surface area contributed by atoms with Gasteiger partial charge in [-0.3, -0.25) is 19.1 Å². The van der Waals surface area contributed by atoms with Crippen LogP contribution in [0.2, 0.25) is 0 Å². The van der Waals surface area contributed by atoms with Crippen molar-refractivity contribution in [3.8, 4) is 0 Å². The number of aromatic nitrogens is 2. The maximum atomic E-state index is 13.2. The van der Waals surface area contributed by atoms with Gasteiger partial charge in [0.1, 0.15) is 6.04 Å². The molecule has 156 valence electrons. The summed E-state index contributed by atoms with van der Waals surface area (Å²) in [6, 6.07) is 13.0. The van der Waals surface area contributed by atoms with E-state index in [1.165, 1.54) is 0 Å². The zero-order chi connectivity index (χ0) is 21.3. The van der Waals surface area contributed by atoms with Crippen molar-refractivity contribution in [3.63, 3.8) is 0 Å². The van der Waals surface area contributed by atoms with Gasteiger partial charge in [0.2, 0.25) is 11.9 Å². The number of aryl methyl sites for hydroxylation is 2. The number of fused-ring (bicyclic) bond motifs is 3. The van der Waals surface area contributed by atoms with E-state index >= 15 is 0 Å². The van der Waals surface area contributed by atoms with Gasteiger partial charge in [0, 0.05) is 25.9 Å². The van der Waals surface area contributed by atoms with Gasteiger partial charge in [0.05, 0.1) is 17.5 Å². The molecule has 1 aliphatic rings. The fraction of sp³-hybridized carbons (Fsp3) is 0.348. The first-order valence-corrected chi connectivity index (χ1v) is 10.1. The minimum atomic E-state index is -0.610. The van der Waals surface area contributed by atoms with Crippen LogP contribution in [-0.2, 0) is 14.3 Å². The van der Waals surface area contributed by atoms with Crippen molar-refractivity contribution >= 4 is 34.5 Å². The van der Waals surface area contributed by atoms with Crippen LogP contribution in [0.3, 0.4) is 0 Å². The minimum Gasteiger partial charge on any atom is -0.385 e. The zero-order valence-corrected chi connectivity index (χ0v) is 17.5. The van der Waals surface area contributed by atoms with Crippen molar-refractivity contribution in [1.29, 1.82) is 0 Å². The number of para-hydroxylation sites is 2. The van der Waals surface area contributed by atoms with Crippen LogP contribution in [0.25, 0.3) is 11.0 Å². The van der Waals surface area contributed by atoms with E-state index in [1.807, 2.05) is 60.9 Å². The number of rotatable bonds is 7. The lowest BCUT2D eigenvalue weighted by Gasteiger charge is -2.16. The fourth-order valence-electron chi connectivity index (χ4n) is 4.00. The minimum absolute atomic E-state index is 0.0558. The summed E-state index contributed by atoms with van der Waals surface area (Å²) in [6.07, 6.45) is 0.757. The summed E-state index contributed by atoms with van der Waals surface area (Å²) in [5, 5.41) is 2.96. The second-order valence-electron chi connectivity index (χ2n) is 7.69. The number of nitrogens with one attached hydrogen (secondary N) is 1. The van der Waals surface area contributed by atoms with Gasteiger partial charge in [-0.1, -0.05) is 29.8 Å². The Hall–Kier alpha value is -3.19. The number of carbonyl (C=O) groups excluding carboxylic acids is 2. The van der Waals surface area contributed by atoms with Crippen molar-refractivity contribution in [3.05, 3.63) is 53.6 Å². The van der Waals surface area contributed by atoms with Gasteiger partial charge < -0.3 is 10.1 Å². The van der Waals surface area contributed by atoms with E-state index < -0.39 is 6.04 Å². The molecule has 1 N–H and O–H groups in total. The topological polar surface area (TPSA) is 76.5 Å². The van der Waals surface area contributed by atoms with Crippen LogP contribution in [0.4, 0.5) is 11.6 Å². The Balaban J connectivity index is 1.61.